The van der Waals surface area contributed by atoms with Crippen LogP contribution in [0.3, 0.4) is 0 Å². The first-order valence-electron chi connectivity index (χ1n) is 8.07. The molecule has 2 unspecified atom stereocenters. The van der Waals surface area contributed by atoms with Crippen molar-refractivity contribution in [2.75, 3.05) is 4.90 Å². The summed E-state index contributed by atoms with van der Waals surface area (Å²) in [5.41, 5.74) is 0.821. The number of carbonyl (C=O) groups is 1. The van der Waals surface area contributed by atoms with Gasteiger partial charge in [-0.3, -0.25) is 4.79 Å². The first-order chi connectivity index (χ1) is 11.2. The SMILES string of the molecule is O=C(c1ccc(Br)cc1)C1CC2CCC(C1)N2c1ncccn1. The lowest BCUT2D eigenvalue weighted by Gasteiger charge is -2.38. The summed E-state index contributed by atoms with van der Waals surface area (Å²) in [6.07, 6.45) is 7.66. The van der Waals surface area contributed by atoms with Gasteiger partial charge in [0.25, 0.3) is 0 Å². The van der Waals surface area contributed by atoms with Crippen LogP contribution in [-0.4, -0.2) is 27.8 Å². The van der Waals surface area contributed by atoms with Crippen molar-refractivity contribution < 1.29 is 4.79 Å². The van der Waals surface area contributed by atoms with Gasteiger partial charge in [0.05, 0.1) is 0 Å². The molecule has 0 aliphatic carbocycles. The minimum atomic E-state index is 0.119. The number of fused-ring (bicyclic) bond motifs is 2. The lowest BCUT2D eigenvalue weighted by molar-refractivity contribution is 0.0885. The van der Waals surface area contributed by atoms with Crippen molar-refractivity contribution in [3.05, 3.63) is 52.8 Å². The third-order valence-electron chi connectivity index (χ3n) is 5.02. The van der Waals surface area contributed by atoms with E-state index in [1.807, 2.05) is 30.3 Å². The number of piperidine rings is 1. The van der Waals surface area contributed by atoms with Crippen molar-refractivity contribution in [1.29, 1.82) is 0 Å². The quantitative estimate of drug-likeness (QED) is 0.768. The number of aromatic nitrogens is 2. The van der Waals surface area contributed by atoms with Crippen LogP contribution in [-0.2, 0) is 0 Å². The summed E-state index contributed by atoms with van der Waals surface area (Å²) >= 11 is 3.42. The normalized spacial score (nSPS) is 26.3. The molecular weight excluding hydrogens is 354 g/mol. The van der Waals surface area contributed by atoms with Gasteiger partial charge in [-0.2, -0.15) is 0 Å². The average molecular weight is 372 g/mol. The molecule has 0 amide bonds. The molecule has 2 bridgehead atoms. The van der Waals surface area contributed by atoms with Gasteiger partial charge in [0.2, 0.25) is 5.95 Å². The van der Waals surface area contributed by atoms with E-state index in [4.69, 9.17) is 0 Å². The van der Waals surface area contributed by atoms with Crippen molar-refractivity contribution in [3.63, 3.8) is 0 Å². The lowest BCUT2D eigenvalue weighted by atomic mass is 9.85. The second-order valence-corrected chi connectivity index (χ2v) is 7.30. The fourth-order valence-electron chi connectivity index (χ4n) is 3.99. The largest absolute Gasteiger partial charge is 0.335 e. The number of benzene rings is 1. The number of nitrogens with zero attached hydrogens (tertiary/aromatic N) is 3. The Morgan fingerprint density at radius 3 is 2.26 bits per heavy atom. The monoisotopic (exact) mass is 371 g/mol. The molecule has 0 saturated carbocycles. The summed E-state index contributed by atoms with van der Waals surface area (Å²) in [6.45, 7) is 0. The van der Waals surface area contributed by atoms with Crippen LogP contribution in [0.25, 0.3) is 0 Å². The molecule has 1 aromatic carbocycles. The van der Waals surface area contributed by atoms with Crippen molar-refractivity contribution in [2.24, 2.45) is 5.92 Å². The Labute approximate surface area is 144 Å². The molecule has 4 nitrogen and oxygen atoms in total. The molecule has 23 heavy (non-hydrogen) atoms. The molecule has 2 aliphatic rings. The van der Waals surface area contributed by atoms with Crippen molar-refractivity contribution in [3.8, 4) is 0 Å². The molecule has 118 valence electrons. The maximum atomic E-state index is 12.8. The zero-order chi connectivity index (χ0) is 15.8. The minimum absolute atomic E-state index is 0.119. The van der Waals surface area contributed by atoms with E-state index in [1.54, 1.807) is 12.4 Å². The van der Waals surface area contributed by atoms with Crippen LogP contribution in [0.4, 0.5) is 5.95 Å². The number of carbonyl (C=O) groups excluding carboxylic acids is 1. The number of ketones is 1. The Hall–Kier alpha value is -1.75. The van der Waals surface area contributed by atoms with E-state index in [0.717, 1.165) is 41.7 Å². The maximum absolute atomic E-state index is 12.8. The van der Waals surface area contributed by atoms with Crippen LogP contribution in [0.1, 0.15) is 36.0 Å². The summed E-state index contributed by atoms with van der Waals surface area (Å²) in [5.74, 6) is 1.21. The van der Waals surface area contributed by atoms with Gasteiger partial charge >= 0.3 is 0 Å². The summed E-state index contributed by atoms with van der Waals surface area (Å²) < 4.78 is 1.00. The molecular formula is C18H18BrN3O. The standard InChI is InChI=1S/C18H18BrN3O/c19-14-4-2-12(3-5-14)17(23)13-10-15-6-7-16(11-13)22(15)18-20-8-1-9-21-18/h1-5,8-9,13,15-16H,6-7,10-11H2. The molecule has 0 radical (unpaired) electrons. The zero-order valence-electron chi connectivity index (χ0n) is 12.7. The van der Waals surface area contributed by atoms with E-state index in [0.29, 0.717) is 12.1 Å². The molecule has 3 heterocycles. The Morgan fingerprint density at radius 2 is 1.65 bits per heavy atom. The second kappa shape index (κ2) is 6.04. The summed E-state index contributed by atoms with van der Waals surface area (Å²) in [5, 5.41) is 0. The number of hydrogen-bond acceptors (Lipinski definition) is 4. The van der Waals surface area contributed by atoms with Crippen LogP contribution < -0.4 is 4.90 Å². The van der Waals surface area contributed by atoms with Crippen molar-refractivity contribution in [2.45, 2.75) is 37.8 Å². The van der Waals surface area contributed by atoms with Crippen molar-refractivity contribution in [1.82, 2.24) is 9.97 Å². The summed E-state index contributed by atoms with van der Waals surface area (Å²) in [4.78, 5) is 24.0. The van der Waals surface area contributed by atoms with Gasteiger partial charge in [-0.15, -0.1) is 0 Å². The lowest BCUT2D eigenvalue weighted by Crippen LogP contribution is -2.45. The maximum Gasteiger partial charge on any atom is 0.225 e. The first kappa shape index (κ1) is 14.8. The zero-order valence-corrected chi connectivity index (χ0v) is 14.3. The van der Waals surface area contributed by atoms with Gasteiger partial charge in [-0.05, 0) is 43.9 Å². The molecule has 2 fully saturated rings. The van der Waals surface area contributed by atoms with Crippen LogP contribution >= 0.6 is 15.9 Å². The van der Waals surface area contributed by atoms with E-state index >= 15 is 0 Å². The molecule has 0 N–H and O–H groups in total. The van der Waals surface area contributed by atoms with E-state index in [1.165, 1.54) is 0 Å². The average Bonchev–Trinajstić information content (AvgIpc) is 2.85. The Kier molecular flexibility index (Phi) is 3.89. The number of hydrogen-bond donors (Lipinski definition) is 0. The predicted molar refractivity (Wildman–Crippen MR) is 92.5 cm³/mol. The van der Waals surface area contributed by atoms with Gasteiger partial charge in [0.15, 0.2) is 5.78 Å². The van der Waals surface area contributed by atoms with Gasteiger partial charge in [0, 0.05) is 40.4 Å². The smallest absolute Gasteiger partial charge is 0.225 e. The fourth-order valence-corrected chi connectivity index (χ4v) is 4.26. The Balaban J connectivity index is 1.53. The van der Waals surface area contributed by atoms with Gasteiger partial charge < -0.3 is 4.90 Å². The third-order valence-corrected chi connectivity index (χ3v) is 5.54. The molecule has 2 saturated heterocycles. The van der Waals surface area contributed by atoms with E-state index < -0.39 is 0 Å². The highest BCUT2D eigenvalue weighted by atomic mass is 79.9. The van der Waals surface area contributed by atoms with Crippen LogP contribution in [0.15, 0.2) is 47.2 Å². The molecule has 0 spiro atoms. The molecule has 4 rings (SSSR count). The molecule has 5 heteroatoms. The van der Waals surface area contributed by atoms with Crippen LogP contribution in [0.5, 0.6) is 0 Å². The number of Topliss-reactive ketones (excluding diaryl/α,β-unsaturated/α-hetero) is 1. The molecule has 2 atom stereocenters. The number of anilines is 1. The van der Waals surface area contributed by atoms with Crippen LogP contribution in [0, 0.1) is 5.92 Å². The summed E-state index contributed by atoms with van der Waals surface area (Å²) in [7, 11) is 0. The Morgan fingerprint density at radius 1 is 1.04 bits per heavy atom. The Bertz CT molecular complexity index is 690. The number of rotatable bonds is 3. The van der Waals surface area contributed by atoms with E-state index in [9.17, 15) is 4.79 Å². The van der Waals surface area contributed by atoms with Gasteiger partial charge in [0.1, 0.15) is 0 Å². The highest BCUT2D eigenvalue weighted by molar-refractivity contribution is 9.10. The molecule has 1 aromatic heterocycles. The van der Waals surface area contributed by atoms with Gasteiger partial charge in [-0.1, -0.05) is 28.1 Å². The highest BCUT2D eigenvalue weighted by Gasteiger charge is 2.44. The van der Waals surface area contributed by atoms with Crippen LogP contribution in [0.2, 0.25) is 0 Å². The minimum Gasteiger partial charge on any atom is -0.335 e. The fraction of sp³-hybridized carbons (Fsp3) is 0.389. The third kappa shape index (κ3) is 2.78. The first-order valence-corrected chi connectivity index (χ1v) is 8.87. The van der Waals surface area contributed by atoms with E-state index in [-0.39, 0.29) is 11.7 Å². The molecule has 2 aliphatic heterocycles. The van der Waals surface area contributed by atoms with E-state index in [2.05, 4.69) is 30.8 Å². The predicted octanol–water partition coefficient (Wildman–Crippen LogP) is 3.87. The van der Waals surface area contributed by atoms with Crippen molar-refractivity contribution >= 4 is 27.7 Å². The molecule has 2 aromatic rings. The highest BCUT2D eigenvalue weighted by Crippen LogP contribution is 2.41. The topological polar surface area (TPSA) is 46.1 Å². The number of halogens is 1. The van der Waals surface area contributed by atoms with Gasteiger partial charge in [-0.25, -0.2) is 9.97 Å². The summed E-state index contributed by atoms with van der Waals surface area (Å²) in [6, 6.07) is 10.3. The second-order valence-electron chi connectivity index (χ2n) is 6.38.